The topological polar surface area (TPSA) is 22.1 Å². The molecule has 19 heavy (non-hydrogen) atoms. The maximum absolute atomic E-state index is 5.78. The van der Waals surface area contributed by atoms with Crippen molar-refractivity contribution in [1.29, 1.82) is 0 Å². The first-order valence-corrected chi connectivity index (χ1v) is 5.94. The molecular weight excluding hydrogens is 414 g/mol. The van der Waals surface area contributed by atoms with Crippen LogP contribution in [0.5, 0.6) is 5.75 Å². The van der Waals surface area contributed by atoms with E-state index in [2.05, 4.69) is 24.3 Å². The summed E-state index contributed by atoms with van der Waals surface area (Å²) in [6, 6.07) is 19.4. The van der Waals surface area contributed by atoms with E-state index in [0.29, 0.717) is 6.61 Å². The van der Waals surface area contributed by atoms with E-state index in [1.165, 1.54) is 0 Å². The fourth-order valence-electron chi connectivity index (χ4n) is 2.35. The first-order chi connectivity index (χ1) is 8.92. The van der Waals surface area contributed by atoms with Crippen molar-refractivity contribution < 1.29 is 24.8 Å². The van der Waals surface area contributed by atoms with Crippen molar-refractivity contribution in [3.05, 3.63) is 60.2 Å². The Bertz CT molecular complexity index is 755. The fraction of sp³-hybridized carbons (Fsp3) is 0.0625. The van der Waals surface area contributed by atoms with Gasteiger partial charge in [0.25, 0.3) is 0 Å². The molecule has 0 amide bonds. The van der Waals surface area contributed by atoms with Crippen LogP contribution in [0.15, 0.2) is 48.5 Å². The number of para-hydroxylation sites is 1. The zero-order valence-corrected chi connectivity index (χ0v) is 12.4. The Balaban J connectivity index is 0.00000110. The molecule has 2 nitrogen and oxygen atoms in total. The average Bonchev–Trinajstić information content (AvgIpc) is 2.45. The molecule has 0 saturated heterocycles. The number of ether oxygens (including phenoxy) is 1. The number of fused-ring (bicyclic) bond motifs is 4. The van der Waals surface area contributed by atoms with Gasteiger partial charge in [-0.15, -0.1) is 29.8 Å². The van der Waals surface area contributed by atoms with Crippen LogP contribution in [-0.2, 0) is 26.7 Å². The fourth-order valence-corrected chi connectivity index (χ4v) is 2.35. The van der Waals surface area contributed by atoms with Crippen LogP contribution in [0.3, 0.4) is 0 Å². The van der Waals surface area contributed by atoms with Crippen LogP contribution >= 0.6 is 0 Å². The number of nitrogens with zero attached hydrogens (tertiary/aromatic N) is 1. The minimum absolute atomic E-state index is 0. The molecule has 2 heterocycles. The molecule has 4 rings (SSSR count). The van der Waals surface area contributed by atoms with Gasteiger partial charge in [-0.1, -0.05) is 23.8 Å². The van der Waals surface area contributed by atoms with E-state index in [9.17, 15) is 0 Å². The number of pyridine rings is 1. The van der Waals surface area contributed by atoms with Crippen molar-refractivity contribution in [3.63, 3.8) is 0 Å². The maximum atomic E-state index is 5.78. The van der Waals surface area contributed by atoms with E-state index >= 15 is 0 Å². The van der Waals surface area contributed by atoms with Gasteiger partial charge in [-0.2, -0.15) is 0 Å². The molecule has 95 valence electrons. The molecule has 0 N–H and O–H groups in total. The van der Waals surface area contributed by atoms with Crippen LogP contribution < -0.4 is 4.74 Å². The Morgan fingerprint density at radius 1 is 1.11 bits per heavy atom. The minimum Gasteiger partial charge on any atom is -0.506 e. The van der Waals surface area contributed by atoms with Gasteiger partial charge in [-0.05, 0) is 12.1 Å². The smallest absolute Gasteiger partial charge is 0.104 e. The van der Waals surface area contributed by atoms with Crippen LogP contribution in [0.4, 0.5) is 0 Å². The third-order valence-corrected chi connectivity index (χ3v) is 3.25. The normalized spacial score (nSPS) is 12.0. The molecule has 3 heteroatoms. The Kier molecular flexibility index (Phi) is 3.09. The predicted molar refractivity (Wildman–Crippen MR) is 70.3 cm³/mol. The summed E-state index contributed by atoms with van der Waals surface area (Å²) in [6.07, 6.45) is 0. The Labute approximate surface area is 124 Å². The summed E-state index contributed by atoms with van der Waals surface area (Å²) in [7, 11) is 0. The van der Waals surface area contributed by atoms with Crippen molar-refractivity contribution in [2.24, 2.45) is 0 Å². The van der Waals surface area contributed by atoms with Gasteiger partial charge in [0.05, 0.1) is 12.1 Å². The Morgan fingerprint density at radius 3 is 2.95 bits per heavy atom. The molecule has 2 aromatic carbocycles. The summed E-state index contributed by atoms with van der Waals surface area (Å²) < 4.78 is 5.78. The van der Waals surface area contributed by atoms with Gasteiger partial charge < -0.3 is 4.74 Å². The van der Waals surface area contributed by atoms with Gasteiger partial charge in [0.1, 0.15) is 5.75 Å². The second kappa shape index (κ2) is 4.76. The first-order valence-electron chi connectivity index (χ1n) is 5.94. The SMILES string of the molecule is [Ir].[c-]1cccc2c1-c1nc3ccccc3cc1OC2. The molecule has 0 bridgehead atoms. The average molecular weight is 424 g/mol. The molecule has 0 fully saturated rings. The largest absolute Gasteiger partial charge is 0.506 e. The molecule has 0 unspecified atom stereocenters. The molecule has 1 aliphatic heterocycles. The van der Waals surface area contributed by atoms with Crippen molar-refractivity contribution >= 4 is 10.9 Å². The van der Waals surface area contributed by atoms with E-state index < -0.39 is 0 Å². The summed E-state index contributed by atoms with van der Waals surface area (Å²) >= 11 is 0. The summed E-state index contributed by atoms with van der Waals surface area (Å²) in [5.74, 6) is 0.851. The van der Waals surface area contributed by atoms with Crippen molar-refractivity contribution in [2.75, 3.05) is 0 Å². The second-order valence-corrected chi connectivity index (χ2v) is 4.39. The molecule has 1 aromatic heterocycles. The standard InChI is InChI=1S/C16H10NO.Ir/c1-3-7-13-12(6-1)10-18-15-9-11-5-2-4-8-14(11)17-16(13)15;/h1-6,8-9H,10H2;/q-1;. The summed E-state index contributed by atoms with van der Waals surface area (Å²) in [4.78, 5) is 4.70. The number of aromatic nitrogens is 1. The van der Waals surface area contributed by atoms with Gasteiger partial charge in [-0.25, -0.2) is 0 Å². The third-order valence-electron chi connectivity index (χ3n) is 3.25. The van der Waals surface area contributed by atoms with Crippen LogP contribution in [0.1, 0.15) is 5.56 Å². The predicted octanol–water partition coefficient (Wildman–Crippen LogP) is 3.59. The van der Waals surface area contributed by atoms with Crippen LogP contribution in [-0.4, -0.2) is 4.98 Å². The van der Waals surface area contributed by atoms with Gasteiger partial charge in [-0.3, -0.25) is 4.98 Å². The molecule has 1 aliphatic rings. The van der Waals surface area contributed by atoms with Gasteiger partial charge >= 0.3 is 0 Å². The monoisotopic (exact) mass is 425 g/mol. The van der Waals surface area contributed by atoms with Gasteiger partial charge in [0.2, 0.25) is 0 Å². The van der Waals surface area contributed by atoms with Gasteiger partial charge in [0.15, 0.2) is 0 Å². The zero-order valence-electron chi connectivity index (χ0n) is 10.0. The van der Waals surface area contributed by atoms with Crippen LogP contribution in [0.25, 0.3) is 22.2 Å². The molecule has 0 spiro atoms. The molecule has 0 aliphatic carbocycles. The van der Waals surface area contributed by atoms with Gasteiger partial charge in [0, 0.05) is 31.2 Å². The zero-order chi connectivity index (χ0) is 11.9. The molecule has 0 saturated carbocycles. The minimum atomic E-state index is 0. The van der Waals surface area contributed by atoms with Crippen LogP contribution in [0, 0.1) is 6.07 Å². The molecule has 1 radical (unpaired) electrons. The third kappa shape index (κ3) is 1.95. The number of benzene rings is 2. The quantitative estimate of drug-likeness (QED) is 0.515. The van der Waals surface area contributed by atoms with Crippen molar-refractivity contribution in [3.8, 4) is 17.0 Å². The van der Waals surface area contributed by atoms with Crippen LogP contribution in [0.2, 0.25) is 0 Å². The molecule has 3 aromatic rings. The number of hydrogen-bond donors (Lipinski definition) is 0. The van der Waals surface area contributed by atoms with E-state index in [4.69, 9.17) is 9.72 Å². The van der Waals surface area contributed by atoms with Crippen molar-refractivity contribution in [1.82, 2.24) is 4.98 Å². The Hall–Kier alpha value is -1.70. The number of rotatable bonds is 0. The summed E-state index contributed by atoms with van der Waals surface area (Å²) in [6.45, 7) is 0.597. The van der Waals surface area contributed by atoms with E-state index in [1.807, 2.05) is 30.3 Å². The molecule has 0 atom stereocenters. The van der Waals surface area contributed by atoms with E-state index in [0.717, 1.165) is 33.5 Å². The Morgan fingerprint density at radius 2 is 2.00 bits per heavy atom. The van der Waals surface area contributed by atoms with E-state index in [1.54, 1.807) is 0 Å². The van der Waals surface area contributed by atoms with E-state index in [-0.39, 0.29) is 20.1 Å². The molecular formula is C16H10IrNO-. The second-order valence-electron chi connectivity index (χ2n) is 4.39. The summed E-state index contributed by atoms with van der Waals surface area (Å²) in [5, 5.41) is 1.11. The van der Waals surface area contributed by atoms with Crippen molar-refractivity contribution in [2.45, 2.75) is 6.61 Å². The number of hydrogen-bond acceptors (Lipinski definition) is 2. The maximum Gasteiger partial charge on any atom is 0.104 e. The summed E-state index contributed by atoms with van der Waals surface area (Å²) in [5.41, 5.74) is 4.10. The first kappa shape index (κ1) is 12.3.